The molecule has 1 aliphatic heterocycles. The van der Waals surface area contributed by atoms with Crippen molar-refractivity contribution in [3.63, 3.8) is 0 Å². The number of benzene rings is 1. The molecule has 1 N–H and O–H groups in total. The predicted molar refractivity (Wildman–Crippen MR) is 73.2 cm³/mol. The summed E-state index contributed by atoms with van der Waals surface area (Å²) in [5, 5.41) is 9.84. The molecular formula is C15H21NO3. The van der Waals surface area contributed by atoms with E-state index in [0.717, 1.165) is 5.56 Å². The summed E-state index contributed by atoms with van der Waals surface area (Å²) in [5.74, 6) is 0.0425. The van der Waals surface area contributed by atoms with Gasteiger partial charge in [-0.15, -0.1) is 0 Å². The average molecular weight is 263 g/mol. The molecule has 0 saturated carbocycles. The van der Waals surface area contributed by atoms with Gasteiger partial charge in [-0.05, 0) is 31.5 Å². The minimum absolute atomic E-state index is 0.0425. The van der Waals surface area contributed by atoms with Gasteiger partial charge in [0.1, 0.15) is 0 Å². The highest BCUT2D eigenvalue weighted by molar-refractivity contribution is 5.94. The molecule has 1 aromatic carbocycles. The minimum atomic E-state index is -0.763. The molecule has 1 saturated heterocycles. The Bertz CT molecular complexity index is 445. The van der Waals surface area contributed by atoms with Gasteiger partial charge < -0.3 is 14.7 Å². The van der Waals surface area contributed by atoms with Crippen LogP contribution >= 0.6 is 0 Å². The maximum absolute atomic E-state index is 12.3. The van der Waals surface area contributed by atoms with E-state index in [1.807, 2.05) is 29.2 Å². The highest BCUT2D eigenvalue weighted by atomic mass is 16.5. The van der Waals surface area contributed by atoms with Gasteiger partial charge in [-0.2, -0.15) is 0 Å². The van der Waals surface area contributed by atoms with Gasteiger partial charge in [-0.1, -0.05) is 12.1 Å². The topological polar surface area (TPSA) is 49.8 Å². The lowest BCUT2D eigenvalue weighted by atomic mass is 9.97. The molecular weight excluding hydrogens is 242 g/mol. The molecule has 1 heterocycles. The molecule has 0 aromatic heterocycles. The summed E-state index contributed by atoms with van der Waals surface area (Å²) in [4.78, 5) is 14.1. The van der Waals surface area contributed by atoms with Crippen LogP contribution in [0.4, 0.5) is 0 Å². The fourth-order valence-electron chi connectivity index (χ4n) is 2.26. The van der Waals surface area contributed by atoms with Gasteiger partial charge in [-0.25, -0.2) is 0 Å². The number of morpholine rings is 1. The summed E-state index contributed by atoms with van der Waals surface area (Å²) in [7, 11) is 0. The standard InChI is InChI=1S/C15H21NO3/c1-15(2,18)11-12-4-3-5-13(10-12)14(17)16-6-8-19-9-7-16/h3-5,10,18H,6-9,11H2,1-2H3. The molecule has 0 bridgehead atoms. The molecule has 0 unspecified atom stereocenters. The van der Waals surface area contributed by atoms with Crippen molar-refractivity contribution in [2.45, 2.75) is 25.9 Å². The summed E-state index contributed by atoms with van der Waals surface area (Å²) in [5.41, 5.74) is 0.899. The number of carbonyl (C=O) groups is 1. The summed E-state index contributed by atoms with van der Waals surface area (Å²) < 4.78 is 5.25. The molecule has 0 radical (unpaired) electrons. The first-order chi connectivity index (χ1) is 8.96. The van der Waals surface area contributed by atoms with Crippen LogP contribution in [0.3, 0.4) is 0 Å². The molecule has 4 nitrogen and oxygen atoms in total. The summed E-state index contributed by atoms with van der Waals surface area (Å²) >= 11 is 0. The van der Waals surface area contributed by atoms with Crippen molar-refractivity contribution in [3.8, 4) is 0 Å². The lowest BCUT2D eigenvalue weighted by Gasteiger charge is -2.27. The Kier molecular flexibility index (Phi) is 4.22. The van der Waals surface area contributed by atoms with Crippen LogP contribution < -0.4 is 0 Å². The lowest BCUT2D eigenvalue weighted by molar-refractivity contribution is 0.0302. The molecule has 1 aromatic rings. The van der Waals surface area contributed by atoms with Gasteiger partial charge >= 0.3 is 0 Å². The van der Waals surface area contributed by atoms with Gasteiger partial charge in [0.25, 0.3) is 5.91 Å². The summed E-state index contributed by atoms with van der Waals surface area (Å²) in [6.45, 7) is 6.04. The van der Waals surface area contributed by atoms with E-state index in [9.17, 15) is 9.90 Å². The first-order valence-electron chi connectivity index (χ1n) is 6.64. The van der Waals surface area contributed by atoms with Gasteiger partial charge in [0.05, 0.1) is 18.8 Å². The van der Waals surface area contributed by atoms with Gasteiger partial charge in [0.15, 0.2) is 0 Å². The number of rotatable bonds is 3. The van der Waals surface area contributed by atoms with E-state index >= 15 is 0 Å². The largest absolute Gasteiger partial charge is 0.390 e. The average Bonchev–Trinajstić information content (AvgIpc) is 2.37. The van der Waals surface area contributed by atoms with Crippen LogP contribution in [-0.4, -0.2) is 47.8 Å². The Labute approximate surface area is 114 Å². The van der Waals surface area contributed by atoms with Crippen LogP contribution in [0.15, 0.2) is 24.3 Å². The van der Waals surface area contributed by atoms with E-state index in [4.69, 9.17) is 4.74 Å². The number of aliphatic hydroxyl groups is 1. The lowest BCUT2D eigenvalue weighted by Crippen LogP contribution is -2.40. The van der Waals surface area contributed by atoms with E-state index in [1.54, 1.807) is 13.8 Å². The number of amides is 1. The maximum atomic E-state index is 12.3. The molecule has 1 aliphatic rings. The van der Waals surface area contributed by atoms with Gasteiger partial charge in [0.2, 0.25) is 0 Å². The summed E-state index contributed by atoms with van der Waals surface area (Å²) in [6, 6.07) is 7.50. The van der Waals surface area contributed by atoms with Crippen LogP contribution in [0.1, 0.15) is 29.8 Å². The zero-order chi connectivity index (χ0) is 13.9. The van der Waals surface area contributed by atoms with Crippen molar-refractivity contribution >= 4 is 5.91 Å². The number of hydrogen-bond acceptors (Lipinski definition) is 3. The van der Waals surface area contributed by atoms with E-state index in [0.29, 0.717) is 38.3 Å². The second-order valence-electron chi connectivity index (χ2n) is 5.59. The quantitative estimate of drug-likeness (QED) is 0.898. The Balaban J connectivity index is 2.11. The zero-order valence-corrected chi connectivity index (χ0v) is 11.6. The maximum Gasteiger partial charge on any atom is 0.254 e. The normalized spacial score (nSPS) is 16.5. The fraction of sp³-hybridized carbons (Fsp3) is 0.533. The van der Waals surface area contributed by atoms with E-state index in [2.05, 4.69) is 0 Å². The van der Waals surface area contributed by atoms with E-state index < -0.39 is 5.60 Å². The van der Waals surface area contributed by atoms with Crippen molar-refractivity contribution in [3.05, 3.63) is 35.4 Å². The van der Waals surface area contributed by atoms with Crippen LogP contribution in [-0.2, 0) is 11.2 Å². The highest BCUT2D eigenvalue weighted by Crippen LogP contribution is 2.15. The molecule has 0 aliphatic carbocycles. The van der Waals surface area contributed by atoms with E-state index in [1.165, 1.54) is 0 Å². The molecule has 104 valence electrons. The predicted octanol–water partition coefficient (Wildman–Crippen LogP) is 1.47. The molecule has 1 amide bonds. The first-order valence-corrected chi connectivity index (χ1v) is 6.64. The highest BCUT2D eigenvalue weighted by Gasteiger charge is 2.19. The molecule has 19 heavy (non-hydrogen) atoms. The van der Waals surface area contributed by atoms with Crippen LogP contribution in [0.2, 0.25) is 0 Å². The van der Waals surface area contributed by atoms with Crippen molar-refractivity contribution < 1.29 is 14.6 Å². The minimum Gasteiger partial charge on any atom is -0.390 e. The van der Waals surface area contributed by atoms with Crippen molar-refractivity contribution in [1.29, 1.82) is 0 Å². The smallest absolute Gasteiger partial charge is 0.254 e. The molecule has 1 fully saturated rings. The number of carbonyl (C=O) groups excluding carboxylic acids is 1. The second-order valence-corrected chi connectivity index (χ2v) is 5.59. The first kappa shape index (κ1) is 14.0. The number of ether oxygens (including phenoxy) is 1. The third-order valence-corrected chi connectivity index (χ3v) is 3.11. The van der Waals surface area contributed by atoms with Crippen LogP contribution in [0, 0.1) is 0 Å². The van der Waals surface area contributed by atoms with Crippen molar-refractivity contribution in [2.24, 2.45) is 0 Å². The van der Waals surface area contributed by atoms with Gasteiger partial charge in [0, 0.05) is 25.1 Å². The molecule has 0 spiro atoms. The molecule has 2 rings (SSSR count). The Hall–Kier alpha value is -1.39. The Morgan fingerprint density at radius 1 is 1.37 bits per heavy atom. The third kappa shape index (κ3) is 4.04. The second kappa shape index (κ2) is 5.72. The van der Waals surface area contributed by atoms with Gasteiger partial charge in [-0.3, -0.25) is 4.79 Å². The molecule has 0 atom stereocenters. The SMILES string of the molecule is CC(C)(O)Cc1cccc(C(=O)N2CCOCC2)c1. The van der Waals surface area contributed by atoms with E-state index in [-0.39, 0.29) is 5.91 Å². The van der Waals surface area contributed by atoms with Crippen molar-refractivity contribution in [2.75, 3.05) is 26.3 Å². The monoisotopic (exact) mass is 263 g/mol. The Morgan fingerprint density at radius 3 is 2.68 bits per heavy atom. The number of hydrogen-bond donors (Lipinski definition) is 1. The fourth-order valence-corrected chi connectivity index (χ4v) is 2.26. The summed E-state index contributed by atoms with van der Waals surface area (Å²) in [6.07, 6.45) is 0.539. The van der Waals surface area contributed by atoms with Crippen LogP contribution in [0.25, 0.3) is 0 Å². The zero-order valence-electron chi connectivity index (χ0n) is 11.6. The van der Waals surface area contributed by atoms with Crippen LogP contribution in [0.5, 0.6) is 0 Å². The third-order valence-electron chi connectivity index (χ3n) is 3.11. The molecule has 4 heteroatoms. The Morgan fingerprint density at radius 2 is 2.05 bits per heavy atom. The van der Waals surface area contributed by atoms with Crippen molar-refractivity contribution in [1.82, 2.24) is 4.90 Å². The number of nitrogens with zero attached hydrogens (tertiary/aromatic N) is 1.